The number of anilines is 1. The molecule has 118 valence electrons. The number of carbonyl (C=O) groups excluding carboxylic acids is 1. The standard InChI is InChI=1S/C18H18N2O3/c21-17-11-14(18(22)23)12-20(17)16-8-5-13(6-9-16)4-7-15-3-1-2-10-19-15/h1-3,5-6,8-10,14H,4,7,11-12H2,(H,22,23)/t14-/m1/s1. The van der Waals surface area contributed by atoms with Gasteiger partial charge in [0.05, 0.1) is 5.92 Å². The highest BCUT2D eigenvalue weighted by Gasteiger charge is 2.34. The molecule has 0 radical (unpaired) electrons. The van der Waals surface area contributed by atoms with E-state index < -0.39 is 11.9 Å². The highest BCUT2D eigenvalue weighted by atomic mass is 16.4. The average Bonchev–Trinajstić information content (AvgIpc) is 2.97. The van der Waals surface area contributed by atoms with Crippen molar-refractivity contribution in [2.75, 3.05) is 11.4 Å². The van der Waals surface area contributed by atoms with Gasteiger partial charge in [-0.3, -0.25) is 14.6 Å². The molecule has 23 heavy (non-hydrogen) atoms. The zero-order chi connectivity index (χ0) is 16.2. The van der Waals surface area contributed by atoms with Crippen LogP contribution in [-0.4, -0.2) is 28.5 Å². The van der Waals surface area contributed by atoms with Gasteiger partial charge in [-0.25, -0.2) is 0 Å². The number of benzene rings is 1. The molecular weight excluding hydrogens is 292 g/mol. The number of aromatic nitrogens is 1. The van der Waals surface area contributed by atoms with Crippen LogP contribution in [0.2, 0.25) is 0 Å². The maximum atomic E-state index is 11.9. The van der Waals surface area contributed by atoms with E-state index in [4.69, 9.17) is 5.11 Å². The summed E-state index contributed by atoms with van der Waals surface area (Å²) in [5.41, 5.74) is 2.98. The van der Waals surface area contributed by atoms with Gasteiger partial charge >= 0.3 is 5.97 Å². The Morgan fingerprint density at radius 3 is 2.57 bits per heavy atom. The predicted octanol–water partition coefficient (Wildman–Crippen LogP) is 2.30. The van der Waals surface area contributed by atoms with Gasteiger partial charge in [0.15, 0.2) is 0 Å². The number of amides is 1. The van der Waals surface area contributed by atoms with Crippen LogP contribution in [0.25, 0.3) is 0 Å². The smallest absolute Gasteiger partial charge is 0.308 e. The van der Waals surface area contributed by atoms with Crippen molar-refractivity contribution in [3.05, 3.63) is 59.9 Å². The molecule has 0 aliphatic carbocycles. The van der Waals surface area contributed by atoms with E-state index in [1.807, 2.05) is 42.5 Å². The van der Waals surface area contributed by atoms with Crippen molar-refractivity contribution in [1.29, 1.82) is 0 Å². The van der Waals surface area contributed by atoms with E-state index in [-0.39, 0.29) is 18.9 Å². The van der Waals surface area contributed by atoms with Crippen molar-refractivity contribution in [2.45, 2.75) is 19.3 Å². The summed E-state index contributed by atoms with van der Waals surface area (Å²) in [7, 11) is 0. The van der Waals surface area contributed by atoms with E-state index in [1.54, 1.807) is 11.1 Å². The number of carbonyl (C=O) groups is 2. The summed E-state index contributed by atoms with van der Waals surface area (Å²) in [6.45, 7) is 0.251. The van der Waals surface area contributed by atoms with Crippen molar-refractivity contribution >= 4 is 17.6 Å². The molecule has 1 aliphatic rings. The first kappa shape index (κ1) is 15.2. The molecule has 0 saturated carbocycles. The van der Waals surface area contributed by atoms with Gasteiger partial charge < -0.3 is 10.0 Å². The third kappa shape index (κ3) is 3.56. The fraction of sp³-hybridized carbons (Fsp3) is 0.278. The van der Waals surface area contributed by atoms with Crippen LogP contribution in [-0.2, 0) is 22.4 Å². The van der Waals surface area contributed by atoms with E-state index >= 15 is 0 Å². The Kier molecular flexibility index (Phi) is 4.37. The molecule has 1 atom stereocenters. The lowest BCUT2D eigenvalue weighted by Crippen LogP contribution is -2.25. The molecule has 2 heterocycles. The molecule has 5 heteroatoms. The Labute approximate surface area is 134 Å². The van der Waals surface area contributed by atoms with E-state index in [0.717, 1.165) is 24.2 Å². The van der Waals surface area contributed by atoms with Crippen LogP contribution in [0.1, 0.15) is 17.7 Å². The first-order chi connectivity index (χ1) is 11.1. The first-order valence-electron chi connectivity index (χ1n) is 7.65. The normalized spacial score (nSPS) is 17.5. The molecule has 0 unspecified atom stereocenters. The second kappa shape index (κ2) is 6.60. The Bertz CT molecular complexity index is 698. The lowest BCUT2D eigenvalue weighted by atomic mass is 10.1. The van der Waals surface area contributed by atoms with Crippen LogP contribution in [0.15, 0.2) is 48.7 Å². The monoisotopic (exact) mass is 310 g/mol. The first-order valence-corrected chi connectivity index (χ1v) is 7.65. The lowest BCUT2D eigenvalue weighted by Gasteiger charge is -2.16. The fourth-order valence-electron chi connectivity index (χ4n) is 2.78. The van der Waals surface area contributed by atoms with Crippen LogP contribution in [0.4, 0.5) is 5.69 Å². The summed E-state index contributed by atoms with van der Waals surface area (Å²) in [5.74, 6) is -1.64. The van der Waals surface area contributed by atoms with E-state index in [9.17, 15) is 9.59 Å². The summed E-state index contributed by atoms with van der Waals surface area (Å²) >= 11 is 0. The highest BCUT2D eigenvalue weighted by Crippen LogP contribution is 2.25. The molecule has 3 rings (SSSR count). The quantitative estimate of drug-likeness (QED) is 0.920. The molecule has 2 aromatic rings. The second-order valence-corrected chi connectivity index (χ2v) is 5.73. The zero-order valence-electron chi connectivity index (χ0n) is 12.7. The number of nitrogens with zero attached hydrogens (tertiary/aromatic N) is 2. The molecule has 1 aromatic heterocycles. The minimum absolute atomic E-state index is 0.0801. The SMILES string of the molecule is O=C(O)[C@@H]1CC(=O)N(c2ccc(CCc3ccccn3)cc2)C1. The van der Waals surface area contributed by atoms with Gasteiger partial charge in [0.2, 0.25) is 5.91 Å². The summed E-state index contributed by atoms with van der Waals surface area (Å²) in [6, 6.07) is 13.6. The summed E-state index contributed by atoms with van der Waals surface area (Å²) in [4.78, 5) is 28.8. The molecule has 1 saturated heterocycles. The van der Waals surface area contributed by atoms with Crippen LogP contribution in [0.3, 0.4) is 0 Å². The Morgan fingerprint density at radius 2 is 1.96 bits per heavy atom. The molecule has 1 fully saturated rings. The largest absolute Gasteiger partial charge is 0.481 e. The summed E-state index contributed by atoms with van der Waals surface area (Å²) in [6.07, 6.45) is 3.61. The second-order valence-electron chi connectivity index (χ2n) is 5.73. The molecule has 0 bridgehead atoms. The molecule has 1 N–H and O–H groups in total. The summed E-state index contributed by atoms with van der Waals surface area (Å²) in [5, 5.41) is 9.03. The number of hydrogen-bond donors (Lipinski definition) is 1. The number of aryl methyl sites for hydroxylation is 2. The Balaban J connectivity index is 1.63. The highest BCUT2D eigenvalue weighted by molar-refractivity contribution is 5.99. The minimum Gasteiger partial charge on any atom is -0.481 e. The number of pyridine rings is 1. The molecule has 5 nitrogen and oxygen atoms in total. The van der Waals surface area contributed by atoms with Crippen LogP contribution < -0.4 is 4.90 Å². The van der Waals surface area contributed by atoms with Gasteiger partial charge in [-0.05, 0) is 42.7 Å². The van der Waals surface area contributed by atoms with Gasteiger partial charge in [0.1, 0.15) is 0 Å². The van der Waals surface area contributed by atoms with Gasteiger partial charge in [-0.2, -0.15) is 0 Å². The molecule has 1 aromatic carbocycles. The van der Waals surface area contributed by atoms with Crippen molar-refractivity contribution in [3.8, 4) is 0 Å². The van der Waals surface area contributed by atoms with Crippen LogP contribution in [0, 0.1) is 5.92 Å². The minimum atomic E-state index is -0.909. The van der Waals surface area contributed by atoms with E-state index in [0.29, 0.717) is 0 Å². The van der Waals surface area contributed by atoms with Crippen LogP contribution in [0.5, 0.6) is 0 Å². The fourth-order valence-corrected chi connectivity index (χ4v) is 2.78. The zero-order valence-corrected chi connectivity index (χ0v) is 12.7. The van der Waals surface area contributed by atoms with E-state index in [1.165, 1.54) is 5.56 Å². The van der Waals surface area contributed by atoms with Gasteiger partial charge in [0, 0.05) is 30.5 Å². The number of carboxylic acids is 1. The van der Waals surface area contributed by atoms with Gasteiger partial charge in [-0.1, -0.05) is 18.2 Å². The molecule has 0 spiro atoms. The van der Waals surface area contributed by atoms with Gasteiger partial charge in [0.25, 0.3) is 0 Å². The van der Waals surface area contributed by atoms with Crippen molar-refractivity contribution in [3.63, 3.8) is 0 Å². The summed E-state index contributed by atoms with van der Waals surface area (Å²) < 4.78 is 0. The molecule has 1 amide bonds. The maximum Gasteiger partial charge on any atom is 0.308 e. The van der Waals surface area contributed by atoms with Crippen molar-refractivity contribution in [1.82, 2.24) is 4.98 Å². The maximum absolute atomic E-state index is 11.9. The number of carboxylic acid groups (broad SMARTS) is 1. The van der Waals surface area contributed by atoms with Crippen molar-refractivity contribution in [2.24, 2.45) is 5.92 Å². The third-order valence-electron chi connectivity index (χ3n) is 4.12. The number of rotatable bonds is 5. The predicted molar refractivity (Wildman–Crippen MR) is 86.2 cm³/mol. The van der Waals surface area contributed by atoms with Crippen LogP contribution >= 0.6 is 0 Å². The third-order valence-corrected chi connectivity index (χ3v) is 4.12. The average molecular weight is 310 g/mol. The Hall–Kier alpha value is -2.69. The Morgan fingerprint density at radius 1 is 1.17 bits per heavy atom. The van der Waals surface area contributed by atoms with Gasteiger partial charge in [-0.15, -0.1) is 0 Å². The molecular formula is C18H18N2O3. The molecule has 1 aliphatic heterocycles. The number of aliphatic carboxylic acids is 1. The lowest BCUT2D eigenvalue weighted by molar-refractivity contribution is -0.141. The van der Waals surface area contributed by atoms with Crippen molar-refractivity contribution < 1.29 is 14.7 Å². The number of hydrogen-bond acceptors (Lipinski definition) is 3. The topological polar surface area (TPSA) is 70.5 Å². The van der Waals surface area contributed by atoms with E-state index in [2.05, 4.69) is 4.98 Å².